The van der Waals surface area contributed by atoms with Crippen molar-refractivity contribution >= 4 is 40.7 Å². The lowest BCUT2D eigenvalue weighted by Gasteiger charge is -2.41. The van der Waals surface area contributed by atoms with E-state index in [9.17, 15) is 24.6 Å². The van der Waals surface area contributed by atoms with Crippen LogP contribution in [0.15, 0.2) is 59.7 Å². The van der Waals surface area contributed by atoms with Crippen molar-refractivity contribution in [1.29, 1.82) is 0 Å². The minimum atomic E-state index is -1.12. The quantitative estimate of drug-likeness (QED) is 0.145. The molecule has 1 saturated heterocycles. The molecule has 2 fully saturated rings. The van der Waals surface area contributed by atoms with Gasteiger partial charge in [0.05, 0.1) is 47.2 Å². The van der Waals surface area contributed by atoms with Gasteiger partial charge in [0, 0.05) is 72.3 Å². The molecule has 1 aromatic carbocycles. The van der Waals surface area contributed by atoms with Gasteiger partial charge in [-0.1, -0.05) is 41.4 Å². The number of aliphatic hydroxyl groups is 1. The Bertz CT molecular complexity index is 2300. The molecule has 14 nitrogen and oxygen atoms in total. The molecule has 0 radical (unpaired) electrons. The minimum Gasteiger partial charge on any atom is -0.481 e. The van der Waals surface area contributed by atoms with Crippen LogP contribution in [0.3, 0.4) is 0 Å². The van der Waals surface area contributed by atoms with Crippen LogP contribution < -0.4 is 20.9 Å². The lowest BCUT2D eigenvalue weighted by molar-refractivity contribution is -0.119. The molecule has 1 unspecified atom stereocenters. The normalized spacial score (nSPS) is 19.6. The number of nitrogens with zero attached hydrogens (tertiary/aromatic N) is 6. The largest absolute Gasteiger partial charge is 0.481 e. The van der Waals surface area contributed by atoms with Crippen LogP contribution in [-0.2, 0) is 24.9 Å². The van der Waals surface area contributed by atoms with Crippen LogP contribution in [-0.4, -0.2) is 82.6 Å². The Morgan fingerprint density at radius 3 is 2.58 bits per heavy atom. The zero-order valence-corrected chi connectivity index (χ0v) is 30.8. The molecule has 0 bridgehead atoms. The van der Waals surface area contributed by atoms with E-state index >= 15 is 0 Å². The van der Waals surface area contributed by atoms with E-state index in [2.05, 4.69) is 25.7 Å². The fourth-order valence-electron chi connectivity index (χ4n) is 7.04. The van der Waals surface area contributed by atoms with Gasteiger partial charge in [0.2, 0.25) is 11.8 Å². The number of halogens is 2. The molecule has 7 rings (SSSR count). The number of pyridine rings is 2. The molecule has 4 N–H and O–H groups in total. The summed E-state index contributed by atoms with van der Waals surface area (Å²) >= 11 is 14.1. The van der Waals surface area contributed by atoms with Crippen LogP contribution in [0.5, 0.6) is 5.88 Å². The van der Waals surface area contributed by atoms with Crippen LogP contribution >= 0.6 is 23.2 Å². The van der Waals surface area contributed by atoms with Gasteiger partial charge in [-0.3, -0.25) is 19.1 Å². The molecule has 276 valence electrons. The smallest absolute Gasteiger partial charge is 0.407 e. The first kappa shape index (κ1) is 36.3. The molecular weight excluding hydrogens is 723 g/mol. The Morgan fingerprint density at radius 2 is 1.89 bits per heavy atom. The number of carboxylic acid groups (broad SMARTS) is 1. The van der Waals surface area contributed by atoms with Crippen molar-refractivity contribution in [1.82, 2.24) is 39.7 Å². The zero-order chi connectivity index (χ0) is 37.6. The maximum Gasteiger partial charge on any atom is 0.407 e. The third-order valence-electron chi connectivity index (χ3n) is 9.87. The second-order valence-electron chi connectivity index (χ2n) is 13.8. The average Bonchev–Trinajstić information content (AvgIpc) is 3.74. The van der Waals surface area contributed by atoms with Gasteiger partial charge < -0.3 is 30.5 Å². The number of nitrogens with one attached hydrogen (secondary N) is 2. The van der Waals surface area contributed by atoms with Gasteiger partial charge in [-0.15, -0.1) is 0 Å². The van der Waals surface area contributed by atoms with E-state index in [1.54, 1.807) is 43.7 Å². The molecule has 1 atom stereocenters. The van der Waals surface area contributed by atoms with E-state index in [0.29, 0.717) is 92.8 Å². The molecule has 5 aromatic rings. The number of ether oxygens (including phenoxy) is 1. The number of fused-ring (bicyclic) bond motifs is 1. The summed E-state index contributed by atoms with van der Waals surface area (Å²) in [6, 6.07) is 12.4. The maximum absolute atomic E-state index is 13.4. The van der Waals surface area contributed by atoms with Gasteiger partial charge in [0.1, 0.15) is 11.3 Å². The van der Waals surface area contributed by atoms with Gasteiger partial charge in [-0.05, 0) is 50.5 Å². The van der Waals surface area contributed by atoms with E-state index in [0.717, 1.165) is 0 Å². The fraction of sp³-hybridized carbons (Fsp3) is 0.351. The summed E-state index contributed by atoms with van der Waals surface area (Å²) < 4.78 is 8.63. The number of rotatable bonds is 11. The monoisotopic (exact) mass is 760 g/mol. The first-order chi connectivity index (χ1) is 25.3. The molecule has 1 aliphatic heterocycles. The third kappa shape index (κ3) is 7.32. The lowest BCUT2D eigenvalue weighted by atomic mass is 9.77. The number of carbonyl (C=O) groups excluding carboxylic acids is 1. The lowest BCUT2D eigenvalue weighted by Crippen LogP contribution is -2.51. The Hall–Kier alpha value is -5.02. The molecule has 2 aliphatic rings. The highest BCUT2D eigenvalue weighted by molar-refractivity contribution is 6.39. The van der Waals surface area contributed by atoms with Crippen molar-refractivity contribution in [2.75, 3.05) is 13.7 Å². The number of hydrogen-bond acceptors (Lipinski definition) is 9. The summed E-state index contributed by atoms with van der Waals surface area (Å²) in [6.45, 7) is 2.33. The first-order valence-electron chi connectivity index (χ1n) is 17.1. The first-order valence-corrected chi connectivity index (χ1v) is 17.9. The number of hydrogen-bond donors (Lipinski definition) is 4. The molecule has 0 spiro atoms. The van der Waals surface area contributed by atoms with Crippen molar-refractivity contribution in [2.24, 2.45) is 7.05 Å². The van der Waals surface area contributed by atoms with Crippen molar-refractivity contribution in [3.05, 3.63) is 86.6 Å². The standard InChI is InChI=1S/C37H38Cl2N8O6/c1-37(52)14-23(15-37)41-16-29-44-47-18-21(13-28(47)35(49)45(29)2)33-32(39)25(11-12-40-33)24-5-4-6-26(31(24)38)27-9-7-20(34(43-27)53-3)17-46(36(50)51)19-22-8-10-30(48)42-22/h4-7,9,11-13,18,22-23,41,52H,8,10,14-17,19H2,1-3H3,(H,42,48)(H,50,51). The summed E-state index contributed by atoms with van der Waals surface area (Å²) in [5.41, 5.74) is 3.41. The molecule has 4 aromatic heterocycles. The van der Waals surface area contributed by atoms with Gasteiger partial charge in [0.15, 0.2) is 0 Å². The Balaban J connectivity index is 1.16. The molecule has 53 heavy (non-hydrogen) atoms. The Labute approximate surface area is 314 Å². The number of benzene rings is 1. The summed E-state index contributed by atoms with van der Waals surface area (Å²) in [4.78, 5) is 47.5. The highest BCUT2D eigenvalue weighted by atomic mass is 35.5. The second-order valence-corrected chi connectivity index (χ2v) is 14.6. The topological polar surface area (TPSA) is 176 Å². The molecule has 5 heterocycles. The van der Waals surface area contributed by atoms with Gasteiger partial charge >= 0.3 is 6.09 Å². The number of carbonyl (C=O) groups is 2. The van der Waals surface area contributed by atoms with E-state index in [4.69, 9.17) is 27.9 Å². The van der Waals surface area contributed by atoms with Gasteiger partial charge in [-0.25, -0.2) is 14.3 Å². The van der Waals surface area contributed by atoms with Crippen molar-refractivity contribution in [2.45, 2.75) is 63.4 Å². The third-order valence-corrected chi connectivity index (χ3v) is 10.7. The number of methoxy groups -OCH3 is 1. The summed E-state index contributed by atoms with van der Waals surface area (Å²) in [6.07, 6.45) is 4.44. The Morgan fingerprint density at radius 1 is 1.13 bits per heavy atom. The highest BCUT2D eigenvalue weighted by Gasteiger charge is 2.38. The summed E-state index contributed by atoms with van der Waals surface area (Å²) in [5, 5.41) is 31.5. The molecule has 2 amide bonds. The predicted octanol–water partition coefficient (Wildman–Crippen LogP) is 4.90. The summed E-state index contributed by atoms with van der Waals surface area (Å²) in [5.74, 6) is 0.699. The molecule has 1 saturated carbocycles. The SMILES string of the molecule is COc1nc(-c2cccc(-c3ccnc(-c4cc5c(=O)n(C)c(CNC6CC(C)(O)C6)nn5c4)c3Cl)c2Cl)ccc1CN(CC1CCC(=O)N1)C(=O)O. The predicted molar refractivity (Wildman–Crippen MR) is 199 cm³/mol. The van der Waals surface area contributed by atoms with Crippen molar-refractivity contribution in [3.8, 4) is 39.5 Å². The molecule has 1 aliphatic carbocycles. The maximum atomic E-state index is 13.4. The minimum absolute atomic E-state index is 0.0147. The van der Waals surface area contributed by atoms with Crippen molar-refractivity contribution < 1.29 is 24.5 Å². The van der Waals surface area contributed by atoms with Gasteiger partial charge in [-0.2, -0.15) is 5.10 Å². The zero-order valence-electron chi connectivity index (χ0n) is 29.3. The summed E-state index contributed by atoms with van der Waals surface area (Å²) in [7, 11) is 3.14. The van der Waals surface area contributed by atoms with Crippen LogP contribution in [0.1, 0.15) is 44.0 Å². The molecule has 16 heteroatoms. The Kier molecular flexibility index (Phi) is 9.89. The number of aromatic nitrogens is 5. The van der Waals surface area contributed by atoms with Crippen LogP contribution in [0.4, 0.5) is 4.79 Å². The number of amides is 2. The molecular formula is C37H38Cl2N8O6. The van der Waals surface area contributed by atoms with E-state index < -0.39 is 11.7 Å². The van der Waals surface area contributed by atoms with E-state index in [-0.39, 0.29) is 42.5 Å². The fourth-order valence-corrected chi connectivity index (χ4v) is 7.69. The average molecular weight is 762 g/mol. The highest BCUT2D eigenvalue weighted by Crippen LogP contribution is 2.42. The van der Waals surface area contributed by atoms with Crippen molar-refractivity contribution in [3.63, 3.8) is 0 Å². The van der Waals surface area contributed by atoms with E-state index in [1.165, 1.54) is 21.1 Å². The van der Waals surface area contributed by atoms with Crippen LogP contribution in [0, 0.1) is 0 Å². The van der Waals surface area contributed by atoms with E-state index in [1.807, 2.05) is 25.1 Å². The van der Waals surface area contributed by atoms with Crippen LogP contribution in [0.2, 0.25) is 10.0 Å². The second kappa shape index (κ2) is 14.4. The van der Waals surface area contributed by atoms with Gasteiger partial charge in [0.25, 0.3) is 5.56 Å². The van der Waals surface area contributed by atoms with Crippen LogP contribution in [0.25, 0.3) is 39.2 Å².